The SMILES string of the molecule is Fc1ccc(NCc2ccc3c(c2)CCO3)cn1. The Morgan fingerprint density at radius 3 is 3.06 bits per heavy atom. The second kappa shape index (κ2) is 4.64. The van der Waals surface area contributed by atoms with Crippen molar-refractivity contribution in [1.29, 1.82) is 0 Å². The number of aromatic nitrogens is 1. The topological polar surface area (TPSA) is 34.1 Å². The number of ether oxygens (including phenoxy) is 1. The minimum Gasteiger partial charge on any atom is -0.493 e. The molecule has 0 atom stereocenters. The maximum atomic E-state index is 12.6. The number of benzene rings is 1. The summed E-state index contributed by atoms with van der Waals surface area (Å²) >= 11 is 0. The third-order valence-corrected chi connectivity index (χ3v) is 2.98. The smallest absolute Gasteiger partial charge is 0.212 e. The summed E-state index contributed by atoms with van der Waals surface area (Å²) in [6.07, 6.45) is 2.47. The van der Waals surface area contributed by atoms with Crippen molar-refractivity contribution in [1.82, 2.24) is 4.98 Å². The lowest BCUT2D eigenvalue weighted by Gasteiger charge is -2.07. The van der Waals surface area contributed by atoms with E-state index in [1.807, 2.05) is 12.1 Å². The largest absolute Gasteiger partial charge is 0.493 e. The molecule has 0 fully saturated rings. The molecule has 0 amide bonds. The first-order valence-electron chi connectivity index (χ1n) is 5.91. The van der Waals surface area contributed by atoms with Crippen molar-refractivity contribution in [2.75, 3.05) is 11.9 Å². The molecule has 3 nitrogen and oxygen atoms in total. The molecule has 0 saturated heterocycles. The molecule has 1 N–H and O–H groups in total. The molecule has 2 aromatic rings. The van der Waals surface area contributed by atoms with E-state index in [0.29, 0.717) is 6.54 Å². The molecule has 4 heteroatoms. The van der Waals surface area contributed by atoms with Crippen LogP contribution in [0.5, 0.6) is 5.75 Å². The van der Waals surface area contributed by atoms with E-state index in [-0.39, 0.29) is 0 Å². The Labute approximate surface area is 105 Å². The van der Waals surface area contributed by atoms with Crippen molar-refractivity contribution in [2.45, 2.75) is 13.0 Å². The number of hydrogen-bond acceptors (Lipinski definition) is 3. The summed E-state index contributed by atoms with van der Waals surface area (Å²) < 4.78 is 18.1. The number of nitrogens with zero attached hydrogens (tertiary/aromatic N) is 1. The Kier molecular flexibility index (Phi) is 2.84. The molecule has 1 aromatic carbocycles. The van der Waals surface area contributed by atoms with Crippen LogP contribution in [0.15, 0.2) is 36.5 Å². The van der Waals surface area contributed by atoms with Crippen LogP contribution in [0, 0.1) is 5.95 Å². The molecule has 3 rings (SSSR count). The van der Waals surface area contributed by atoms with Crippen LogP contribution in [0.4, 0.5) is 10.1 Å². The van der Waals surface area contributed by atoms with Gasteiger partial charge in [0.05, 0.1) is 18.5 Å². The Morgan fingerprint density at radius 2 is 2.22 bits per heavy atom. The predicted octanol–water partition coefficient (Wildman–Crippen LogP) is 2.77. The third kappa shape index (κ3) is 2.27. The number of rotatable bonds is 3. The highest BCUT2D eigenvalue weighted by atomic mass is 19.1. The van der Waals surface area contributed by atoms with Crippen LogP contribution in [0.1, 0.15) is 11.1 Å². The van der Waals surface area contributed by atoms with E-state index < -0.39 is 5.95 Å². The zero-order chi connectivity index (χ0) is 12.4. The first kappa shape index (κ1) is 11.0. The number of hydrogen-bond donors (Lipinski definition) is 1. The summed E-state index contributed by atoms with van der Waals surface area (Å²) in [6.45, 7) is 1.47. The Bertz CT molecular complexity index is 554. The highest BCUT2D eigenvalue weighted by molar-refractivity contribution is 5.43. The van der Waals surface area contributed by atoms with Crippen molar-refractivity contribution < 1.29 is 9.13 Å². The van der Waals surface area contributed by atoms with Gasteiger partial charge in [0.1, 0.15) is 5.75 Å². The molecule has 0 spiro atoms. The average molecular weight is 244 g/mol. The number of anilines is 1. The van der Waals surface area contributed by atoms with E-state index in [1.54, 1.807) is 6.07 Å². The van der Waals surface area contributed by atoms with E-state index in [9.17, 15) is 4.39 Å². The first-order valence-corrected chi connectivity index (χ1v) is 5.91. The van der Waals surface area contributed by atoms with Crippen LogP contribution in [-0.2, 0) is 13.0 Å². The van der Waals surface area contributed by atoms with E-state index in [1.165, 1.54) is 23.4 Å². The van der Waals surface area contributed by atoms with Gasteiger partial charge < -0.3 is 10.1 Å². The standard InChI is InChI=1S/C14H13FN2O/c15-14-4-2-12(9-17-14)16-8-10-1-3-13-11(7-10)5-6-18-13/h1-4,7,9,16H,5-6,8H2. The zero-order valence-electron chi connectivity index (χ0n) is 9.82. The predicted molar refractivity (Wildman–Crippen MR) is 67.2 cm³/mol. The zero-order valence-corrected chi connectivity index (χ0v) is 9.82. The molecule has 0 unspecified atom stereocenters. The van der Waals surface area contributed by atoms with Gasteiger partial charge in [-0.3, -0.25) is 0 Å². The van der Waals surface area contributed by atoms with Crippen LogP contribution < -0.4 is 10.1 Å². The summed E-state index contributed by atoms with van der Waals surface area (Å²) in [6, 6.07) is 9.21. The molecule has 18 heavy (non-hydrogen) atoms. The van der Waals surface area contributed by atoms with Gasteiger partial charge in [0.2, 0.25) is 5.95 Å². The van der Waals surface area contributed by atoms with Crippen molar-refractivity contribution >= 4 is 5.69 Å². The van der Waals surface area contributed by atoms with Crippen LogP contribution >= 0.6 is 0 Å². The number of pyridine rings is 1. The van der Waals surface area contributed by atoms with Crippen LogP contribution in [0.2, 0.25) is 0 Å². The van der Waals surface area contributed by atoms with Crippen LogP contribution in [0.3, 0.4) is 0 Å². The maximum absolute atomic E-state index is 12.6. The van der Waals surface area contributed by atoms with Gasteiger partial charge in [0, 0.05) is 13.0 Å². The monoisotopic (exact) mass is 244 g/mol. The molecule has 1 aliphatic rings. The highest BCUT2D eigenvalue weighted by Gasteiger charge is 2.11. The molecule has 0 saturated carbocycles. The summed E-state index contributed by atoms with van der Waals surface area (Å²) in [5, 5.41) is 3.21. The van der Waals surface area contributed by atoms with Crippen LogP contribution in [-0.4, -0.2) is 11.6 Å². The van der Waals surface area contributed by atoms with E-state index in [2.05, 4.69) is 16.4 Å². The lowest BCUT2D eigenvalue weighted by atomic mass is 10.1. The molecule has 0 radical (unpaired) electrons. The van der Waals surface area contributed by atoms with Gasteiger partial charge in [-0.15, -0.1) is 0 Å². The fourth-order valence-electron chi connectivity index (χ4n) is 2.03. The van der Waals surface area contributed by atoms with Gasteiger partial charge in [-0.1, -0.05) is 12.1 Å². The second-order valence-electron chi connectivity index (χ2n) is 4.26. The molecule has 1 aliphatic heterocycles. The first-order chi connectivity index (χ1) is 8.81. The minimum absolute atomic E-state index is 0.463. The van der Waals surface area contributed by atoms with Gasteiger partial charge in [-0.25, -0.2) is 4.98 Å². The van der Waals surface area contributed by atoms with Crippen molar-refractivity contribution in [2.24, 2.45) is 0 Å². The van der Waals surface area contributed by atoms with Crippen molar-refractivity contribution in [3.8, 4) is 5.75 Å². The van der Waals surface area contributed by atoms with Gasteiger partial charge in [-0.2, -0.15) is 4.39 Å². The molecule has 92 valence electrons. The molecule has 2 heterocycles. The summed E-state index contributed by atoms with van der Waals surface area (Å²) in [4.78, 5) is 3.60. The second-order valence-corrected chi connectivity index (χ2v) is 4.26. The highest BCUT2D eigenvalue weighted by Crippen LogP contribution is 2.26. The lowest BCUT2D eigenvalue weighted by Crippen LogP contribution is -2.00. The van der Waals surface area contributed by atoms with E-state index >= 15 is 0 Å². The van der Waals surface area contributed by atoms with Crippen LogP contribution in [0.25, 0.3) is 0 Å². The fourth-order valence-corrected chi connectivity index (χ4v) is 2.03. The summed E-state index contributed by atoms with van der Waals surface area (Å²) in [5.74, 6) is 0.525. The van der Waals surface area contributed by atoms with E-state index in [0.717, 1.165) is 24.5 Å². The van der Waals surface area contributed by atoms with Gasteiger partial charge in [0.15, 0.2) is 0 Å². The number of halogens is 1. The molecular formula is C14H13FN2O. The summed E-state index contributed by atoms with van der Waals surface area (Å²) in [7, 11) is 0. The Morgan fingerprint density at radius 1 is 1.28 bits per heavy atom. The quantitative estimate of drug-likeness (QED) is 0.843. The third-order valence-electron chi connectivity index (χ3n) is 2.98. The minimum atomic E-state index is -0.463. The average Bonchev–Trinajstić information content (AvgIpc) is 2.85. The Balaban J connectivity index is 1.68. The maximum Gasteiger partial charge on any atom is 0.212 e. The molecule has 0 aliphatic carbocycles. The normalized spacial score (nSPS) is 12.9. The lowest BCUT2D eigenvalue weighted by molar-refractivity contribution is 0.357. The fraction of sp³-hybridized carbons (Fsp3) is 0.214. The molecule has 1 aromatic heterocycles. The van der Waals surface area contributed by atoms with Crippen molar-refractivity contribution in [3.63, 3.8) is 0 Å². The number of nitrogens with one attached hydrogen (secondary N) is 1. The van der Waals surface area contributed by atoms with Gasteiger partial charge in [-0.05, 0) is 29.3 Å². The van der Waals surface area contributed by atoms with Crippen molar-refractivity contribution in [3.05, 3.63) is 53.6 Å². The van der Waals surface area contributed by atoms with E-state index in [4.69, 9.17) is 4.74 Å². The molecular weight excluding hydrogens is 231 g/mol. The van der Waals surface area contributed by atoms with Gasteiger partial charge >= 0.3 is 0 Å². The summed E-state index contributed by atoms with van der Waals surface area (Å²) in [5.41, 5.74) is 3.25. The molecule has 0 bridgehead atoms. The Hall–Kier alpha value is -2.10. The number of fused-ring (bicyclic) bond motifs is 1. The van der Waals surface area contributed by atoms with Gasteiger partial charge in [0.25, 0.3) is 0 Å².